The van der Waals surface area contributed by atoms with Crippen molar-refractivity contribution in [3.8, 4) is 28.0 Å². The molecule has 0 saturated carbocycles. The normalized spacial score (nSPS) is 17.6. The maximum absolute atomic E-state index is 14.6. The van der Waals surface area contributed by atoms with Crippen LogP contribution in [0, 0.1) is 6.92 Å². The lowest BCUT2D eigenvalue weighted by molar-refractivity contribution is -0.141. The second-order valence-corrected chi connectivity index (χ2v) is 15.5. The van der Waals surface area contributed by atoms with Crippen molar-refractivity contribution in [3.63, 3.8) is 0 Å². The summed E-state index contributed by atoms with van der Waals surface area (Å²) in [6.45, 7) is 4.23. The largest absolute Gasteiger partial charge is 0.507 e. The number of aromatic hydroxyl groups is 1. The van der Waals surface area contributed by atoms with Gasteiger partial charge in [-0.2, -0.15) is 0 Å². The monoisotopic (exact) mass is 838 g/mol. The summed E-state index contributed by atoms with van der Waals surface area (Å²) in [5, 5.41) is 31.8. The first kappa shape index (κ1) is 45.0. The lowest BCUT2D eigenvalue weighted by atomic mass is 9.91. The van der Waals surface area contributed by atoms with Gasteiger partial charge in [-0.05, 0) is 122 Å². The highest BCUT2D eigenvalue weighted by atomic mass is 35.5. The molecule has 0 fully saturated rings. The number of carbonyl (C=O) groups excluding carboxylic acids is 6. The van der Waals surface area contributed by atoms with Crippen LogP contribution in [0.4, 0.5) is 0 Å². The molecule has 1 aliphatic rings. The van der Waals surface area contributed by atoms with Crippen LogP contribution >= 0.6 is 11.6 Å². The number of phenolic OH excluding ortho intramolecular Hbond substituents is 1. The Hall–Kier alpha value is -6.09. The molecule has 316 valence electrons. The number of hydrogen-bond acceptors (Lipinski definition) is 9. The van der Waals surface area contributed by atoms with Crippen LogP contribution in [-0.2, 0) is 30.4 Å². The van der Waals surface area contributed by atoms with Crippen molar-refractivity contribution >= 4 is 46.9 Å². The number of unbranched alkanes of at least 4 members (excludes halogenated alkanes) is 1. The van der Waals surface area contributed by atoms with Gasteiger partial charge >= 0.3 is 0 Å². The van der Waals surface area contributed by atoms with Crippen molar-refractivity contribution in [1.29, 1.82) is 0 Å². The van der Waals surface area contributed by atoms with E-state index in [-0.39, 0.29) is 18.6 Å². The van der Waals surface area contributed by atoms with Gasteiger partial charge in [-0.1, -0.05) is 54.1 Å². The standard InChI is InChI=1S/C45H51ClN6O8/c1-25-8-10-32-23-34(25)35-21-28(9-19-38(35)54)22-37(43(58)48-26(2)39(55)24-53)51-41(56)27(3)49-44(59)40(32)52(4)45(60)36(7-5-6-20-47)50-42(57)31-13-11-29(12-14-31)30-15-17-33(46)18-16-30/h8-19,21,23,26-27,36-37,40,53-54H,5-7,20,22,24,47H2,1-4H3,(H,48,58)(H,49,59)(H,50,57)(H,51,56)/t26-,27-,36-,37-,40-/m0/s1. The molecular weight excluding hydrogens is 788 g/mol. The van der Waals surface area contributed by atoms with Crippen molar-refractivity contribution in [2.75, 3.05) is 20.2 Å². The summed E-state index contributed by atoms with van der Waals surface area (Å²) in [6, 6.07) is 18.1. The van der Waals surface area contributed by atoms with Crippen LogP contribution in [-0.4, -0.2) is 94.8 Å². The minimum Gasteiger partial charge on any atom is -0.507 e. The van der Waals surface area contributed by atoms with Gasteiger partial charge in [-0.3, -0.25) is 28.8 Å². The highest BCUT2D eigenvalue weighted by molar-refractivity contribution is 6.30. The molecule has 60 heavy (non-hydrogen) atoms. The SMILES string of the molecule is Cc1ccc2cc1-c1cc(ccc1O)C[C@@H](C(=O)N[C@@H](C)C(=O)CO)NC(=O)[C@H](C)NC(=O)[C@H]2N(C)C(=O)[C@H](CCCCN)NC(=O)c1ccc(-c2ccc(Cl)cc2)cc1. The number of hydrogen-bond donors (Lipinski definition) is 7. The van der Waals surface area contributed by atoms with Crippen molar-refractivity contribution < 1.29 is 39.0 Å². The zero-order valence-corrected chi connectivity index (χ0v) is 34.7. The van der Waals surface area contributed by atoms with E-state index in [1.807, 2.05) is 19.1 Å². The summed E-state index contributed by atoms with van der Waals surface area (Å²) in [4.78, 5) is 83.1. The van der Waals surface area contributed by atoms with Crippen molar-refractivity contribution in [2.24, 2.45) is 5.73 Å². The van der Waals surface area contributed by atoms with Gasteiger partial charge in [0.2, 0.25) is 23.6 Å². The highest BCUT2D eigenvalue weighted by Gasteiger charge is 2.36. The summed E-state index contributed by atoms with van der Waals surface area (Å²) in [7, 11) is 1.44. The number of rotatable bonds is 13. The van der Waals surface area contributed by atoms with Gasteiger partial charge in [-0.25, -0.2) is 0 Å². The van der Waals surface area contributed by atoms with E-state index in [2.05, 4.69) is 21.3 Å². The van der Waals surface area contributed by atoms with Crippen molar-refractivity contribution in [3.05, 3.63) is 112 Å². The van der Waals surface area contributed by atoms with E-state index in [0.29, 0.717) is 52.2 Å². The van der Waals surface area contributed by atoms with Crippen molar-refractivity contribution in [2.45, 2.75) is 76.7 Å². The molecular formula is C45H51ClN6O8. The zero-order chi connectivity index (χ0) is 43.7. The number of nitrogens with zero attached hydrogens (tertiary/aromatic N) is 1. The van der Waals surface area contributed by atoms with Gasteiger partial charge in [0.15, 0.2) is 5.78 Å². The number of amides is 5. The number of Topliss-reactive ketones (excluding diaryl/α,β-unsaturated/α-hetero) is 1. The average molecular weight is 839 g/mol. The Morgan fingerprint density at radius 1 is 0.883 bits per heavy atom. The molecule has 0 spiro atoms. The predicted molar refractivity (Wildman–Crippen MR) is 228 cm³/mol. The quantitative estimate of drug-likeness (QED) is 0.0975. The molecule has 5 rings (SSSR count). The molecule has 5 amide bonds. The third-order valence-electron chi connectivity index (χ3n) is 10.6. The van der Waals surface area contributed by atoms with Crippen LogP contribution in [0.3, 0.4) is 0 Å². The molecule has 0 unspecified atom stereocenters. The number of nitrogens with one attached hydrogen (secondary N) is 4. The molecule has 0 saturated heterocycles. The number of aliphatic hydroxyl groups excluding tert-OH is 1. The van der Waals surface area contributed by atoms with Crippen LogP contribution in [0.2, 0.25) is 5.02 Å². The van der Waals surface area contributed by atoms with E-state index in [1.165, 1.54) is 31.9 Å². The Morgan fingerprint density at radius 3 is 2.20 bits per heavy atom. The predicted octanol–water partition coefficient (Wildman–Crippen LogP) is 3.73. The number of benzene rings is 4. The van der Waals surface area contributed by atoms with E-state index in [4.69, 9.17) is 17.3 Å². The summed E-state index contributed by atoms with van der Waals surface area (Å²) in [5.74, 6) is -3.97. The molecule has 5 atom stereocenters. The minimum absolute atomic E-state index is 0.0477. The van der Waals surface area contributed by atoms with Crippen LogP contribution < -0.4 is 27.0 Å². The lowest BCUT2D eigenvalue weighted by Crippen LogP contribution is -2.57. The van der Waals surface area contributed by atoms with Gasteiger partial charge in [0.25, 0.3) is 5.91 Å². The Balaban J connectivity index is 1.49. The lowest BCUT2D eigenvalue weighted by Gasteiger charge is -2.32. The molecule has 8 N–H and O–H groups in total. The molecule has 0 radical (unpaired) electrons. The second kappa shape index (κ2) is 20.2. The average Bonchev–Trinajstić information content (AvgIpc) is 3.23. The first-order chi connectivity index (χ1) is 28.6. The van der Waals surface area contributed by atoms with Crippen LogP contribution in [0.15, 0.2) is 84.9 Å². The number of halogens is 1. The molecule has 4 bridgehead atoms. The minimum atomic E-state index is -1.34. The van der Waals surface area contributed by atoms with Crippen LogP contribution in [0.1, 0.15) is 66.2 Å². The highest BCUT2D eigenvalue weighted by Crippen LogP contribution is 2.36. The first-order valence-corrected chi connectivity index (χ1v) is 20.1. The Morgan fingerprint density at radius 2 is 1.55 bits per heavy atom. The van der Waals surface area contributed by atoms with Gasteiger partial charge in [0.1, 0.15) is 36.5 Å². The van der Waals surface area contributed by atoms with E-state index >= 15 is 0 Å². The number of carbonyl (C=O) groups is 6. The first-order valence-electron chi connectivity index (χ1n) is 19.7. The van der Waals surface area contributed by atoms with Crippen molar-refractivity contribution in [1.82, 2.24) is 26.2 Å². The maximum atomic E-state index is 14.6. The third-order valence-corrected chi connectivity index (χ3v) is 10.9. The van der Waals surface area contributed by atoms with Gasteiger partial charge in [-0.15, -0.1) is 0 Å². The summed E-state index contributed by atoms with van der Waals surface area (Å²) >= 11 is 6.05. The molecule has 4 aromatic rings. The number of phenols is 1. The summed E-state index contributed by atoms with van der Waals surface area (Å²) in [5.41, 5.74) is 10.4. The molecule has 1 aliphatic heterocycles. The van der Waals surface area contributed by atoms with E-state index in [1.54, 1.807) is 66.7 Å². The maximum Gasteiger partial charge on any atom is 0.251 e. The number of nitrogens with two attached hydrogens (primary N) is 1. The smallest absolute Gasteiger partial charge is 0.251 e. The summed E-state index contributed by atoms with van der Waals surface area (Å²) in [6.07, 6.45) is 1.24. The van der Waals surface area contributed by atoms with Crippen LogP contribution in [0.5, 0.6) is 5.75 Å². The Labute approximate surface area is 353 Å². The molecule has 1 heterocycles. The fourth-order valence-corrected chi connectivity index (χ4v) is 7.15. The second-order valence-electron chi connectivity index (χ2n) is 15.0. The topological polar surface area (TPSA) is 220 Å². The zero-order valence-electron chi connectivity index (χ0n) is 34.0. The van der Waals surface area contributed by atoms with Gasteiger partial charge < -0.3 is 42.1 Å². The van der Waals surface area contributed by atoms with Gasteiger partial charge in [0.05, 0.1) is 6.04 Å². The number of ketones is 1. The number of fused-ring (bicyclic) bond motifs is 5. The van der Waals surface area contributed by atoms with E-state index in [9.17, 15) is 39.0 Å². The molecule has 14 nitrogen and oxygen atoms in total. The number of likely N-dealkylation sites (N-methyl/N-ethyl adjacent to an activating group) is 1. The number of aliphatic hydroxyl groups is 1. The molecule has 4 aromatic carbocycles. The van der Waals surface area contributed by atoms with E-state index in [0.717, 1.165) is 16.7 Å². The van der Waals surface area contributed by atoms with Gasteiger partial charge in [0, 0.05) is 29.6 Å². The Bertz CT molecular complexity index is 2230. The fraction of sp³-hybridized carbons (Fsp3) is 0.333. The summed E-state index contributed by atoms with van der Waals surface area (Å²) < 4.78 is 0. The molecule has 0 aliphatic carbocycles. The number of aryl methyl sites for hydroxylation is 1. The molecule has 15 heteroatoms. The van der Waals surface area contributed by atoms with Crippen LogP contribution in [0.25, 0.3) is 22.3 Å². The van der Waals surface area contributed by atoms with E-state index < -0.39 is 72.1 Å². The molecule has 0 aromatic heterocycles. The Kier molecular flexibility index (Phi) is 15.2. The third kappa shape index (κ3) is 10.9. The fourth-order valence-electron chi connectivity index (χ4n) is 7.03.